The molecule has 1 N–H and O–H groups in total. The number of carbonyl (C=O) groups excluding carboxylic acids is 1. The molecular weight excluding hydrogens is 418 g/mol. The van der Waals surface area contributed by atoms with Gasteiger partial charge in [0.05, 0.1) is 24.5 Å². The lowest BCUT2D eigenvalue weighted by Crippen LogP contribution is -2.25. The van der Waals surface area contributed by atoms with E-state index in [4.69, 9.17) is 9.15 Å². The van der Waals surface area contributed by atoms with Gasteiger partial charge in [-0.1, -0.05) is 18.1 Å². The number of anilines is 1. The molecule has 5 rings (SSSR count). The first-order valence-electron chi connectivity index (χ1n) is 12.0. The lowest BCUT2D eigenvalue weighted by atomic mass is 9.88. The summed E-state index contributed by atoms with van der Waals surface area (Å²) in [6, 6.07) is 8.48. The number of aromatic nitrogens is 4. The average Bonchev–Trinajstić information content (AvgIpc) is 3.60. The van der Waals surface area contributed by atoms with E-state index >= 15 is 0 Å². The summed E-state index contributed by atoms with van der Waals surface area (Å²) in [5, 5.41) is 11.9. The zero-order valence-electron chi connectivity index (χ0n) is 19.1. The Bertz CT molecular complexity index is 1070. The molecule has 174 valence electrons. The van der Waals surface area contributed by atoms with Gasteiger partial charge in [-0.15, -0.1) is 5.10 Å². The number of ether oxygens (including phenoxy) is 1. The van der Waals surface area contributed by atoms with E-state index in [-0.39, 0.29) is 12.0 Å². The van der Waals surface area contributed by atoms with Crippen molar-refractivity contribution in [3.8, 4) is 17.0 Å². The van der Waals surface area contributed by atoms with Gasteiger partial charge in [0.2, 0.25) is 0 Å². The van der Waals surface area contributed by atoms with Gasteiger partial charge >= 0.3 is 0 Å². The quantitative estimate of drug-likeness (QED) is 0.490. The first-order chi connectivity index (χ1) is 16.2. The Morgan fingerprint density at radius 2 is 1.97 bits per heavy atom. The highest BCUT2D eigenvalue weighted by atomic mass is 16.5. The van der Waals surface area contributed by atoms with Gasteiger partial charge < -0.3 is 19.3 Å². The minimum Gasteiger partial charge on any atom is -0.490 e. The molecular formula is C25H31N5O3. The number of hydrogen-bond donors (Lipinski definition) is 1. The fourth-order valence-corrected chi connectivity index (χ4v) is 5.02. The molecule has 2 heterocycles. The van der Waals surface area contributed by atoms with E-state index in [2.05, 4.69) is 20.6 Å². The second kappa shape index (κ2) is 9.77. The molecule has 0 saturated heterocycles. The first-order valence-corrected chi connectivity index (χ1v) is 12.0. The van der Waals surface area contributed by atoms with Crippen LogP contribution < -0.4 is 10.1 Å². The normalized spacial score (nSPS) is 21.2. The van der Waals surface area contributed by atoms with E-state index < -0.39 is 0 Å². The van der Waals surface area contributed by atoms with Crippen LogP contribution in [0, 0.1) is 5.92 Å². The summed E-state index contributed by atoms with van der Waals surface area (Å²) >= 11 is 0. The van der Waals surface area contributed by atoms with Crippen molar-refractivity contribution in [1.82, 2.24) is 20.0 Å². The maximum atomic E-state index is 11.1. The van der Waals surface area contributed by atoms with Gasteiger partial charge in [0.15, 0.2) is 0 Å². The molecule has 3 aromatic rings. The maximum absolute atomic E-state index is 11.1. The van der Waals surface area contributed by atoms with Crippen molar-refractivity contribution in [2.75, 3.05) is 5.32 Å². The molecule has 2 saturated carbocycles. The Hall–Kier alpha value is -3.16. The Morgan fingerprint density at radius 1 is 1.15 bits per heavy atom. The van der Waals surface area contributed by atoms with Gasteiger partial charge in [-0.05, 0) is 62.8 Å². The lowest BCUT2D eigenvalue weighted by molar-refractivity contribution is -0.112. The number of hydrogen-bond acceptors (Lipinski definition) is 7. The predicted octanol–water partition coefficient (Wildman–Crippen LogP) is 4.88. The van der Waals surface area contributed by atoms with Crippen LogP contribution in [0.5, 0.6) is 5.75 Å². The highest BCUT2D eigenvalue weighted by Crippen LogP contribution is 2.35. The Kier molecular flexibility index (Phi) is 6.41. The van der Waals surface area contributed by atoms with Crippen LogP contribution in [-0.4, -0.2) is 32.4 Å². The minimum atomic E-state index is 0.103. The third kappa shape index (κ3) is 4.94. The van der Waals surface area contributed by atoms with Gasteiger partial charge in [-0.2, -0.15) is 0 Å². The second-order valence-corrected chi connectivity index (χ2v) is 9.24. The van der Waals surface area contributed by atoms with Crippen molar-refractivity contribution in [3.63, 3.8) is 0 Å². The minimum absolute atomic E-state index is 0.103. The predicted molar refractivity (Wildman–Crippen MR) is 124 cm³/mol. The average molecular weight is 450 g/mol. The molecule has 2 aromatic heterocycles. The molecule has 2 fully saturated rings. The molecule has 2 atom stereocenters. The van der Waals surface area contributed by atoms with Gasteiger partial charge in [-0.25, -0.2) is 9.67 Å². The van der Waals surface area contributed by atoms with Gasteiger partial charge in [0.1, 0.15) is 23.5 Å². The highest BCUT2D eigenvalue weighted by molar-refractivity contribution is 5.62. The van der Waals surface area contributed by atoms with Crippen molar-refractivity contribution >= 4 is 12.3 Å². The summed E-state index contributed by atoms with van der Waals surface area (Å²) < 4.78 is 13.8. The van der Waals surface area contributed by atoms with Gasteiger partial charge in [-0.3, -0.25) is 0 Å². The van der Waals surface area contributed by atoms with Crippen LogP contribution in [0.2, 0.25) is 0 Å². The summed E-state index contributed by atoms with van der Waals surface area (Å²) in [7, 11) is 1.89. The van der Waals surface area contributed by atoms with Crippen molar-refractivity contribution in [2.24, 2.45) is 13.0 Å². The second-order valence-electron chi connectivity index (χ2n) is 9.24. The van der Waals surface area contributed by atoms with E-state index in [0.717, 1.165) is 60.4 Å². The number of benzene rings is 1. The third-order valence-electron chi connectivity index (χ3n) is 6.92. The number of nitrogens with zero attached hydrogens (tertiary/aromatic N) is 4. The molecule has 2 aliphatic carbocycles. The van der Waals surface area contributed by atoms with Crippen LogP contribution in [0.25, 0.3) is 11.3 Å². The van der Waals surface area contributed by atoms with Crippen molar-refractivity contribution in [3.05, 3.63) is 41.9 Å². The first kappa shape index (κ1) is 21.7. The van der Waals surface area contributed by atoms with Crippen LogP contribution in [-0.2, 0) is 18.4 Å². The number of nitrogens with one attached hydrogen (secondary N) is 1. The molecule has 33 heavy (non-hydrogen) atoms. The van der Waals surface area contributed by atoms with E-state index in [0.29, 0.717) is 18.5 Å². The lowest BCUT2D eigenvalue weighted by Gasteiger charge is -2.26. The monoisotopic (exact) mass is 449 g/mol. The zero-order valence-corrected chi connectivity index (χ0v) is 19.1. The van der Waals surface area contributed by atoms with E-state index in [1.54, 1.807) is 4.68 Å². The maximum Gasteiger partial charge on any atom is 0.295 e. The van der Waals surface area contributed by atoms with Crippen LogP contribution in [0.15, 0.2) is 34.9 Å². The summed E-state index contributed by atoms with van der Waals surface area (Å²) in [6.45, 7) is 0.511. The molecule has 8 heteroatoms. The van der Waals surface area contributed by atoms with E-state index in [1.165, 1.54) is 25.7 Å². The highest BCUT2D eigenvalue weighted by Gasteiger charge is 2.23. The largest absolute Gasteiger partial charge is 0.490 e. The fraction of sp³-hybridized carbons (Fsp3) is 0.520. The van der Waals surface area contributed by atoms with Crippen LogP contribution in [0.1, 0.15) is 68.7 Å². The summed E-state index contributed by atoms with van der Waals surface area (Å²) in [5.74, 6) is 2.42. The molecule has 1 aromatic carbocycles. The zero-order chi connectivity index (χ0) is 22.6. The SMILES string of the molecule is Cn1nnc(-c2ccc(OC3CCC[C@H](C=O)C3)cc2)c1CNc1ncc(C2CCCC2)o1. The molecule has 0 aliphatic heterocycles. The molecule has 0 radical (unpaired) electrons. The van der Waals surface area contributed by atoms with Crippen molar-refractivity contribution < 1.29 is 13.9 Å². The third-order valence-corrected chi connectivity index (χ3v) is 6.92. The standard InChI is InChI=1S/C25H31N5O3/c1-30-22(14-26-25-27-15-23(33-25)18-6-2-3-7-18)24(28-29-30)19-9-11-20(12-10-19)32-21-8-4-5-17(13-21)16-31/h9-12,15-18,21H,2-8,13-14H2,1H3,(H,26,27)/t17-,21?/m0/s1. The topological polar surface area (TPSA) is 95.1 Å². The number of carbonyl (C=O) groups is 1. The number of aldehydes is 1. The van der Waals surface area contributed by atoms with Crippen LogP contribution in [0.3, 0.4) is 0 Å². The number of oxazole rings is 1. The molecule has 1 unspecified atom stereocenters. The summed E-state index contributed by atoms with van der Waals surface area (Å²) in [5.41, 5.74) is 2.74. The smallest absolute Gasteiger partial charge is 0.295 e. The Balaban J connectivity index is 1.23. The Morgan fingerprint density at radius 3 is 2.76 bits per heavy atom. The van der Waals surface area contributed by atoms with E-state index in [1.807, 2.05) is 37.5 Å². The molecule has 2 aliphatic rings. The van der Waals surface area contributed by atoms with Gasteiger partial charge in [0, 0.05) is 24.4 Å². The molecule has 0 spiro atoms. The number of rotatable bonds is 8. The molecule has 8 nitrogen and oxygen atoms in total. The summed E-state index contributed by atoms with van der Waals surface area (Å²) in [4.78, 5) is 15.5. The van der Waals surface area contributed by atoms with E-state index in [9.17, 15) is 4.79 Å². The van der Waals surface area contributed by atoms with Crippen molar-refractivity contribution in [2.45, 2.75) is 69.9 Å². The Labute approximate surface area is 193 Å². The fourth-order valence-electron chi connectivity index (χ4n) is 5.02. The van der Waals surface area contributed by atoms with Gasteiger partial charge in [0.25, 0.3) is 6.01 Å². The number of aryl methyl sites for hydroxylation is 1. The molecule has 0 amide bonds. The van der Waals surface area contributed by atoms with Crippen molar-refractivity contribution in [1.29, 1.82) is 0 Å². The van der Waals surface area contributed by atoms with Crippen LogP contribution in [0.4, 0.5) is 6.01 Å². The molecule has 0 bridgehead atoms. The summed E-state index contributed by atoms with van der Waals surface area (Å²) in [6.07, 6.45) is 11.7. The van der Waals surface area contributed by atoms with Crippen LogP contribution >= 0.6 is 0 Å².